The Morgan fingerprint density at radius 1 is 1.40 bits per heavy atom. The van der Waals surface area contributed by atoms with Crippen LogP contribution in [0.15, 0.2) is 25.3 Å². The standard InChI is InChI=1S/C6H10OS2.K.H/c1-3-5-8-9(7)6-4-2;;/h3-4H,1-2,5-6H2;;. The van der Waals surface area contributed by atoms with Crippen molar-refractivity contribution in [2.75, 3.05) is 11.5 Å². The maximum absolute atomic E-state index is 10.8. The van der Waals surface area contributed by atoms with Crippen molar-refractivity contribution in [3.63, 3.8) is 0 Å². The zero-order valence-corrected chi connectivity index (χ0v) is 6.84. The van der Waals surface area contributed by atoms with Crippen molar-refractivity contribution in [2.45, 2.75) is 0 Å². The molecule has 0 aliphatic carbocycles. The zero-order valence-electron chi connectivity index (χ0n) is 5.21. The normalized spacial score (nSPS) is 11.3. The molecule has 1 nitrogen and oxygen atoms in total. The predicted octanol–water partition coefficient (Wildman–Crippen LogP) is 1.11. The summed E-state index contributed by atoms with van der Waals surface area (Å²) in [6, 6.07) is 0. The molecule has 0 radical (unpaired) electrons. The average Bonchev–Trinajstić information content (AvgIpc) is 1.85. The third kappa shape index (κ3) is 9.78. The van der Waals surface area contributed by atoms with E-state index in [0.29, 0.717) is 5.75 Å². The van der Waals surface area contributed by atoms with Gasteiger partial charge in [-0.3, -0.25) is 0 Å². The van der Waals surface area contributed by atoms with Gasteiger partial charge in [0.1, 0.15) is 5.75 Å². The van der Waals surface area contributed by atoms with Gasteiger partial charge in [-0.15, -0.1) is 6.58 Å². The molecule has 1 unspecified atom stereocenters. The van der Waals surface area contributed by atoms with Crippen LogP contribution in [0.2, 0.25) is 0 Å². The van der Waals surface area contributed by atoms with Crippen LogP contribution in [0.5, 0.6) is 0 Å². The van der Waals surface area contributed by atoms with Gasteiger partial charge in [0, 0.05) is 10.2 Å². The number of hydrogen-bond donors (Lipinski definition) is 0. The molecule has 4 heteroatoms. The minimum atomic E-state index is -0.793. The first kappa shape index (κ1) is 14.3. The summed E-state index contributed by atoms with van der Waals surface area (Å²) in [6.07, 6.45) is 3.40. The monoisotopic (exact) mass is 202 g/mol. The van der Waals surface area contributed by atoms with Crippen LogP contribution in [0.1, 0.15) is 0 Å². The Hall–Kier alpha value is 1.78. The molecule has 0 spiro atoms. The summed E-state index contributed by atoms with van der Waals surface area (Å²) in [5, 5.41) is 0. The molecule has 0 aliphatic heterocycles. The van der Waals surface area contributed by atoms with Crippen LogP contribution in [0.25, 0.3) is 0 Å². The first-order valence-corrected chi connectivity index (χ1v) is 5.37. The topological polar surface area (TPSA) is 23.1 Å². The van der Waals surface area contributed by atoms with Gasteiger partial charge in [-0.1, -0.05) is 12.7 Å². The van der Waals surface area contributed by atoms with Crippen LogP contribution in [0.4, 0.5) is 0 Å². The van der Waals surface area contributed by atoms with Crippen molar-refractivity contribution < 1.29 is 4.55 Å². The Morgan fingerprint density at radius 2 is 2.00 bits per heavy atom. The van der Waals surface area contributed by atoms with Crippen molar-refractivity contribution in [2.24, 2.45) is 0 Å². The van der Waals surface area contributed by atoms with Gasteiger partial charge in [0.05, 0.1) is 16.5 Å². The van der Waals surface area contributed by atoms with E-state index < -0.39 is 10.2 Å². The Balaban J connectivity index is 0. The van der Waals surface area contributed by atoms with Gasteiger partial charge in [0.15, 0.2) is 0 Å². The van der Waals surface area contributed by atoms with Gasteiger partial charge in [-0.25, -0.2) is 0 Å². The van der Waals surface area contributed by atoms with Crippen LogP contribution in [0.3, 0.4) is 0 Å². The van der Waals surface area contributed by atoms with E-state index >= 15 is 0 Å². The summed E-state index contributed by atoms with van der Waals surface area (Å²) >= 11 is 0. The molecule has 54 valence electrons. The molecule has 0 aromatic heterocycles. The summed E-state index contributed by atoms with van der Waals surface area (Å²) < 4.78 is 10.8. The third-order valence-corrected chi connectivity index (χ3v) is 3.32. The summed E-state index contributed by atoms with van der Waals surface area (Å²) in [7, 11) is 0.591. The van der Waals surface area contributed by atoms with E-state index in [1.54, 1.807) is 12.2 Å². The summed E-state index contributed by atoms with van der Waals surface area (Å²) in [6.45, 7) is 6.99. The van der Waals surface area contributed by atoms with Gasteiger partial charge in [0.2, 0.25) is 0 Å². The Kier molecular flexibility index (Phi) is 15.4. The Labute approximate surface area is 112 Å². The van der Waals surface area contributed by atoms with Crippen molar-refractivity contribution in [1.82, 2.24) is 0 Å². The average molecular weight is 202 g/mol. The SMILES string of the molecule is C=CCS[S+]([O-])CC=C.[KH]. The second-order valence-electron chi connectivity index (χ2n) is 1.33. The van der Waals surface area contributed by atoms with E-state index in [-0.39, 0.29) is 51.4 Å². The molecular weight excluding hydrogens is 191 g/mol. The van der Waals surface area contributed by atoms with E-state index in [4.69, 9.17) is 0 Å². The second-order valence-corrected chi connectivity index (χ2v) is 4.66. The molecule has 0 aliphatic rings. The molecule has 0 fully saturated rings. The van der Waals surface area contributed by atoms with E-state index in [2.05, 4.69) is 13.2 Å². The van der Waals surface area contributed by atoms with E-state index in [1.807, 2.05) is 0 Å². The molecule has 0 aromatic rings. The minimum absolute atomic E-state index is 0. The molecule has 0 aromatic carbocycles. The summed E-state index contributed by atoms with van der Waals surface area (Å²) in [4.78, 5) is 0. The van der Waals surface area contributed by atoms with E-state index in [0.717, 1.165) is 5.75 Å². The summed E-state index contributed by atoms with van der Waals surface area (Å²) in [5.74, 6) is 1.32. The Bertz CT molecular complexity index is 97.7. The van der Waals surface area contributed by atoms with E-state index in [9.17, 15) is 4.55 Å². The molecule has 0 rings (SSSR count). The van der Waals surface area contributed by atoms with Crippen molar-refractivity contribution in [3.05, 3.63) is 25.3 Å². The molecule has 10 heavy (non-hydrogen) atoms. The first-order valence-electron chi connectivity index (χ1n) is 2.54. The van der Waals surface area contributed by atoms with Crippen LogP contribution in [-0.4, -0.2) is 67.4 Å². The van der Waals surface area contributed by atoms with E-state index in [1.165, 1.54) is 10.8 Å². The molecular formula is C6H11KOS2. The van der Waals surface area contributed by atoms with Gasteiger partial charge >= 0.3 is 51.4 Å². The van der Waals surface area contributed by atoms with Crippen molar-refractivity contribution in [1.29, 1.82) is 0 Å². The van der Waals surface area contributed by atoms with Crippen LogP contribution < -0.4 is 0 Å². The van der Waals surface area contributed by atoms with Crippen LogP contribution >= 0.6 is 10.8 Å². The van der Waals surface area contributed by atoms with Gasteiger partial charge < -0.3 is 4.55 Å². The van der Waals surface area contributed by atoms with Gasteiger partial charge in [0.25, 0.3) is 0 Å². The first-order chi connectivity index (χ1) is 4.31. The molecule has 1 atom stereocenters. The molecule has 0 bridgehead atoms. The van der Waals surface area contributed by atoms with Crippen LogP contribution in [-0.2, 0) is 10.2 Å². The fourth-order valence-corrected chi connectivity index (χ4v) is 2.13. The van der Waals surface area contributed by atoms with Crippen LogP contribution in [0, 0.1) is 0 Å². The number of hydrogen-bond acceptors (Lipinski definition) is 2. The fraction of sp³-hybridized carbons (Fsp3) is 0.333. The molecule has 0 amide bonds. The van der Waals surface area contributed by atoms with Gasteiger partial charge in [-0.05, 0) is 6.08 Å². The maximum atomic E-state index is 10.8. The molecule has 0 N–H and O–H groups in total. The zero-order chi connectivity index (χ0) is 7.11. The quantitative estimate of drug-likeness (QED) is 0.288. The Morgan fingerprint density at radius 3 is 2.40 bits per heavy atom. The third-order valence-electron chi connectivity index (χ3n) is 0.571. The molecule has 0 saturated heterocycles. The molecule has 0 saturated carbocycles. The second kappa shape index (κ2) is 10.8. The predicted molar refractivity (Wildman–Crippen MR) is 53.0 cm³/mol. The van der Waals surface area contributed by atoms with Gasteiger partial charge in [-0.2, -0.15) is 0 Å². The van der Waals surface area contributed by atoms with Crippen molar-refractivity contribution in [3.8, 4) is 0 Å². The summed E-state index contributed by atoms with van der Waals surface area (Å²) in [5.41, 5.74) is 0. The van der Waals surface area contributed by atoms with Crippen molar-refractivity contribution >= 4 is 72.4 Å². The fourth-order valence-electron chi connectivity index (χ4n) is 0.268. The molecule has 0 heterocycles. The number of rotatable bonds is 5.